The molecule has 0 saturated heterocycles. The molecular weight excluding hydrogens is 1620 g/mol. The Morgan fingerprint density at radius 1 is 0.297 bits per heavy atom. The summed E-state index contributed by atoms with van der Waals surface area (Å²) in [5, 5.41) is 3.17. The van der Waals surface area contributed by atoms with Crippen LogP contribution in [0.5, 0.6) is 23.0 Å². The number of nitrogens with zero attached hydrogens (tertiary/aromatic N) is 13. The molecule has 21 rings (SSSR count). The highest BCUT2D eigenvalue weighted by Gasteiger charge is 2.36. The van der Waals surface area contributed by atoms with Crippen LogP contribution in [0, 0.1) is 0 Å². The van der Waals surface area contributed by atoms with Gasteiger partial charge in [0.2, 0.25) is 0 Å². The summed E-state index contributed by atoms with van der Waals surface area (Å²) in [4.78, 5) is 41.1. The quantitative estimate of drug-likeness (QED) is 0.0444. The first kappa shape index (κ1) is 84.8. The number of aryl methyl sites for hydroxylation is 4. The third-order valence-corrected chi connectivity index (χ3v) is 24.1. The Bertz CT molecular complexity index is 6460. The zero-order valence-electron chi connectivity index (χ0n) is 71.9. The van der Waals surface area contributed by atoms with E-state index in [-0.39, 0.29) is 24.2 Å². The first-order chi connectivity index (χ1) is 63.2. The molecule has 23 heteroatoms. The minimum Gasteiger partial charge on any atom is -0.497 e. The summed E-state index contributed by atoms with van der Waals surface area (Å²) in [7, 11) is 6.70. The average Bonchev–Trinajstić information content (AvgIpc) is 1.61. The topological polar surface area (TPSA) is 223 Å². The van der Waals surface area contributed by atoms with Crippen molar-refractivity contribution >= 4 is 22.4 Å². The van der Waals surface area contributed by atoms with Crippen molar-refractivity contribution in [2.24, 2.45) is 0 Å². The second-order valence-corrected chi connectivity index (χ2v) is 32.3. The summed E-state index contributed by atoms with van der Waals surface area (Å²) in [6.45, 7) is 4.84. The lowest BCUT2D eigenvalue weighted by molar-refractivity contribution is 0.0924. The van der Waals surface area contributed by atoms with E-state index in [0.29, 0.717) is 52.9 Å². The molecule has 128 heavy (non-hydrogen) atoms. The SMILES string of the molecule is COc1ccc(COC[C@@H]2CCc3nc(-c4ccc(Cl)cc4)c(-c4ccncc4)n32)cc1.COc1ccc(COC[C@@H]2CCc3nc(-c4ccc5ccccc5c4)c(-c4ccncc4)n32)cc1.COc1ccc(COC[C@@H]2CCc3nc(-c4ccco4)c(-c4ccncc4)n32)cc1.COc1ccc(COC[C@@H]2CCc3nc(-c4ccncc4)c(-c4ccncc4)n32)cc1. The van der Waals surface area contributed by atoms with E-state index >= 15 is 0 Å². The molecule has 0 radical (unpaired) electrons. The van der Waals surface area contributed by atoms with Crippen LogP contribution in [0.3, 0.4) is 0 Å². The second kappa shape index (κ2) is 40.5. The van der Waals surface area contributed by atoms with Gasteiger partial charge in [-0.25, -0.2) is 19.9 Å². The lowest BCUT2D eigenvalue weighted by Gasteiger charge is -2.18. The van der Waals surface area contributed by atoms with E-state index in [9.17, 15) is 0 Å². The van der Waals surface area contributed by atoms with Gasteiger partial charge in [-0.2, -0.15) is 0 Å². The number of ether oxygens (including phenoxy) is 8. The number of furan rings is 1. The van der Waals surface area contributed by atoms with Gasteiger partial charge in [-0.15, -0.1) is 0 Å². The largest absolute Gasteiger partial charge is 0.497 e. The van der Waals surface area contributed by atoms with Gasteiger partial charge in [-0.1, -0.05) is 109 Å². The molecule has 0 bridgehead atoms. The first-order valence-corrected chi connectivity index (χ1v) is 43.7. The number of halogens is 1. The Kier molecular flexibility index (Phi) is 26.9. The van der Waals surface area contributed by atoms with Gasteiger partial charge in [0, 0.05) is 132 Å². The Hall–Kier alpha value is -14.0. The Morgan fingerprint density at radius 2 is 0.586 bits per heavy atom. The Labute approximate surface area is 748 Å². The van der Waals surface area contributed by atoms with Gasteiger partial charge in [0.25, 0.3) is 0 Å². The van der Waals surface area contributed by atoms with E-state index in [2.05, 4.69) is 110 Å². The number of aromatic nitrogens is 13. The zero-order chi connectivity index (χ0) is 86.9. The van der Waals surface area contributed by atoms with Gasteiger partial charge in [0.15, 0.2) is 5.76 Å². The molecule has 0 unspecified atom stereocenters. The zero-order valence-corrected chi connectivity index (χ0v) is 72.6. The Morgan fingerprint density at radius 3 is 0.906 bits per heavy atom. The standard InChI is InChI=1S/C30H27N3O2.C26H24ClN3O2.C25H24N4O2.C24H23N3O3/c1-34-27-11-6-21(7-12-27)19-35-20-26-10-13-28-32-29(30(33(26)28)23-14-16-31-17-15-23)25-9-8-22-4-2-3-5-24(22)18-25;1-31-23-9-2-18(3-10-23)16-32-17-22-8-11-24-29-25(19-4-6-21(27)7-5-19)26(30(22)24)20-12-14-28-15-13-20;1-30-22-5-2-18(3-6-22)16-31-17-21-4-7-23-28-24(19-8-12-26-13-9-19)25(29(21)23)20-10-14-27-15-11-20;1-28-20-7-4-17(5-8-20)15-29-16-19-6-9-22-26-23(21-3-2-14-30-21)24(27(19)22)18-10-12-25-13-11-18/h2-9,11-12,14-18,26H,10,13,19-20H2,1H3;2-7,9-10,12-15,22H,8,11,16-17H2,1H3;2-3,5-6,8-15,21H,4,7,16-17H2,1H3;2-5,7-8,10-14,19H,6,9,15-16H2,1H3/t26-;22-;21-;19-/m0000/s1. The first-order valence-electron chi connectivity index (χ1n) is 43.3. The predicted molar refractivity (Wildman–Crippen MR) is 496 cm³/mol. The maximum atomic E-state index is 6.20. The number of hydrogen-bond donors (Lipinski definition) is 0. The molecule has 0 aliphatic carbocycles. The number of methoxy groups -OCH3 is 4. The van der Waals surface area contributed by atoms with Crippen molar-refractivity contribution in [1.82, 2.24) is 63.1 Å². The van der Waals surface area contributed by atoms with Crippen LogP contribution in [0.2, 0.25) is 5.02 Å². The van der Waals surface area contributed by atoms with Crippen molar-refractivity contribution in [3.05, 3.63) is 355 Å². The second-order valence-electron chi connectivity index (χ2n) is 31.8. The molecule has 0 spiro atoms. The van der Waals surface area contributed by atoms with Crippen molar-refractivity contribution in [3.63, 3.8) is 0 Å². The summed E-state index contributed by atoms with van der Waals surface area (Å²) in [5.41, 5.74) is 20.5. The summed E-state index contributed by atoms with van der Waals surface area (Å²) >= 11 is 6.12. The number of pyridine rings is 5. The fraction of sp³-hybridized carbons (Fsp3) is 0.229. The smallest absolute Gasteiger partial charge is 0.154 e. The maximum Gasteiger partial charge on any atom is 0.154 e. The van der Waals surface area contributed by atoms with E-state index in [4.69, 9.17) is 73.8 Å². The van der Waals surface area contributed by atoms with Crippen LogP contribution in [-0.4, -0.2) is 118 Å². The van der Waals surface area contributed by atoms with E-state index in [0.717, 1.165) is 215 Å². The minimum atomic E-state index is 0.234. The van der Waals surface area contributed by atoms with Crippen LogP contribution in [-0.2, 0) is 71.1 Å². The number of rotatable bonds is 28. The highest BCUT2D eigenvalue weighted by atomic mass is 35.5. The number of hydrogen-bond acceptors (Lipinski definition) is 18. The van der Waals surface area contributed by atoms with Gasteiger partial charge in [-0.3, -0.25) is 24.9 Å². The molecule has 0 saturated carbocycles. The third kappa shape index (κ3) is 19.4. The lowest BCUT2D eigenvalue weighted by Crippen LogP contribution is -2.13. The molecule has 14 heterocycles. The van der Waals surface area contributed by atoms with Gasteiger partial charge >= 0.3 is 0 Å². The Balaban J connectivity index is 0.000000115. The van der Waals surface area contributed by atoms with E-state index in [1.54, 1.807) is 34.7 Å². The van der Waals surface area contributed by atoms with Gasteiger partial charge in [0.05, 0.1) is 152 Å². The van der Waals surface area contributed by atoms with E-state index < -0.39 is 0 Å². The van der Waals surface area contributed by atoms with Crippen molar-refractivity contribution in [1.29, 1.82) is 0 Å². The molecule has 4 atom stereocenters. The number of imidazole rings is 4. The van der Waals surface area contributed by atoms with Crippen LogP contribution in [0.25, 0.3) is 101 Å². The monoisotopic (exact) mass is 1720 g/mol. The highest BCUT2D eigenvalue weighted by Crippen LogP contribution is 2.46. The number of benzene rings is 7. The number of fused-ring (bicyclic) bond motifs is 5. The molecule has 0 fully saturated rings. The summed E-state index contributed by atoms with van der Waals surface area (Å²) in [6.07, 6.45) is 27.8. The molecule has 4 aliphatic heterocycles. The molecule has 4 aliphatic rings. The lowest BCUT2D eigenvalue weighted by atomic mass is 10.0. The molecule has 22 nitrogen and oxygen atoms in total. The van der Waals surface area contributed by atoms with Crippen molar-refractivity contribution in [2.75, 3.05) is 54.9 Å². The predicted octanol–water partition coefficient (Wildman–Crippen LogP) is 22.1. The van der Waals surface area contributed by atoms with Crippen LogP contribution >= 0.6 is 11.6 Å². The van der Waals surface area contributed by atoms with Gasteiger partial charge in [-0.05, 0) is 198 Å². The highest BCUT2D eigenvalue weighted by molar-refractivity contribution is 6.30. The molecule has 10 aromatic heterocycles. The van der Waals surface area contributed by atoms with Crippen LogP contribution in [0.15, 0.2) is 309 Å². The molecule has 0 amide bonds. The van der Waals surface area contributed by atoms with Gasteiger partial charge in [0.1, 0.15) is 52.0 Å². The maximum absolute atomic E-state index is 6.20. The van der Waals surface area contributed by atoms with Crippen molar-refractivity contribution < 1.29 is 42.3 Å². The van der Waals surface area contributed by atoms with Crippen LogP contribution in [0.1, 0.15) is 95.4 Å². The van der Waals surface area contributed by atoms with Gasteiger partial charge < -0.3 is 60.6 Å². The molecule has 644 valence electrons. The van der Waals surface area contributed by atoms with Crippen LogP contribution < -0.4 is 18.9 Å². The average molecular weight is 1720 g/mol. The van der Waals surface area contributed by atoms with Crippen LogP contribution in [0.4, 0.5) is 0 Å². The third-order valence-electron chi connectivity index (χ3n) is 23.8. The molecule has 7 aromatic carbocycles. The van der Waals surface area contributed by atoms with Crippen molar-refractivity contribution in [3.8, 4) is 113 Å². The normalized spacial score (nSPS) is 15.0. The minimum absolute atomic E-state index is 0.234. The van der Waals surface area contributed by atoms with Crippen molar-refractivity contribution in [2.45, 2.75) is 102 Å². The summed E-state index contributed by atoms with van der Waals surface area (Å²) in [5.74, 6) is 8.60. The molecule has 17 aromatic rings. The van der Waals surface area contributed by atoms with E-state index in [1.165, 1.54) is 10.8 Å². The summed E-state index contributed by atoms with van der Waals surface area (Å²) < 4.78 is 60.6. The fourth-order valence-corrected chi connectivity index (χ4v) is 17.6. The fourth-order valence-electron chi connectivity index (χ4n) is 17.4. The summed E-state index contributed by atoms with van der Waals surface area (Å²) in [6, 6.07) is 80.2. The molecular formula is C105H98ClN13O9. The molecule has 0 N–H and O–H groups in total. The van der Waals surface area contributed by atoms with E-state index in [1.807, 2.05) is 232 Å².